The van der Waals surface area contributed by atoms with E-state index in [2.05, 4.69) is 34.1 Å². The summed E-state index contributed by atoms with van der Waals surface area (Å²) >= 11 is 0. The standard InChI is InChI=1S/C24H28N2O3/c1-27-20-15-23(28-2)21(24(16-20)29-3)13-17-8-11-26(12-9-17)19-7-6-18-5-4-10-25-22(18)14-19/h4-7,10,14-17H,8-9,11-13H2,1-3H3. The Hall–Kier alpha value is -2.95. The van der Waals surface area contributed by atoms with E-state index in [1.807, 2.05) is 24.4 Å². The predicted molar refractivity (Wildman–Crippen MR) is 116 cm³/mol. The van der Waals surface area contributed by atoms with E-state index in [-0.39, 0.29) is 0 Å². The van der Waals surface area contributed by atoms with E-state index in [1.165, 1.54) is 11.1 Å². The molecule has 2 aromatic carbocycles. The van der Waals surface area contributed by atoms with E-state index < -0.39 is 0 Å². The maximum atomic E-state index is 5.63. The number of methoxy groups -OCH3 is 3. The van der Waals surface area contributed by atoms with Crippen molar-refractivity contribution >= 4 is 16.6 Å². The van der Waals surface area contributed by atoms with Crippen molar-refractivity contribution in [2.45, 2.75) is 19.3 Å². The molecule has 5 nitrogen and oxygen atoms in total. The van der Waals surface area contributed by atoms with Gasteiger partial charge in [-0.15, -0.1) is 0 Å². The van der Waals surface area contributed by atoms with Crippen LogP contribution in [0.25, 0.3) is 10.9 Å². The highest BCUT2D eigenvalue weighted by Gasteiger charge is 2.23. The number of nitrogens with zero attached hydrogens (tertiary/aromatic N) is 2. The Morgan fingerprint density at radius 3 is 2.31 bits per heavy atom. The maximum absolute atomic E-state index is 5.63. The third-order valence-corrected chi connectivity index (χ3v) is 5.88. The summed E-state index contributed by atoms with van der Waals surface area (Å²) in [6.07, 6.45) is 5.08. The van der Waals surface area contributed by atoms with Crippen LogP contribution >= 0.6 is 0 Å². The zero-order chi connectivity index (χ0) is 20.2. The third-order valence-electron chi connectivity index (χ3n) is 5.88. The van der Waals surface area contributed by atoms with Gasteiger partial charge < -0.3 is 19.1 Å². The summed E-state index contributed by atoms with van der Waals surface area (Å²) in [5, 5.41) is 1.19. The molecule has 1 aliphatic rings. The molecule has 0 radical (unpaired) electrons. The second kappa shape index (κ2) is 8.60. The van der Waals surface area contributed by atoms with Gasteiger partial charge in [-0.25, -0.2) is 0 Å². The number of piperidine rings is 1. The molecule has 2 heterocycles. The quantitative estimate of drug-likeness (QED) is 0.607. The van der Waals surface area contributed by atoms with Crippen molar-refractivity contribution in [1.29, 1.82) is 0 Å². The largest absolute Gasteiger partial charge is 0.496 e. The highest BCUT2D eigenvalue weighted by atomic mass is 16.5. The molecule has 0 atom stereocenters. The van der Waals surface area contributed by atoms with E-state index in [1.54, 1.807) is 21.3 Å². The lowest BCUT2D eigenvalue weighted by Gasteiger charge is -2.34. The first kappa shape index (κ1) is 19.4. The van der Waals surface area contributed by atoms with Gasteiger partial charge in [0.2, 0.25) is 0 Å². The van der Waals surface area contributed by atoms with Gasteiger partial charge in [-0.1, -0.05) is 12.1 Å². The molecule has 0 N–H and O–H groups in total. The van der Waals surface area contributed by atoms with Crippen LogP contribution in [0.1, 0.15) is 18.4 Å². The van der Waals surface area contributed by atoms with E-state index in [9.17, 15) is 0 Å². The summed E-state index contributed by atoms with van der Waals surface area (Å²) < 4.78 is 16.6. The second-order valence-electron chi connectivity index (χ2n) is 7.53. The fourth-order valence-corrected chi connectivity index (χ4v) is 4.21. The van der Waals surface area contributed by atoms with Gasteiger partial charge in [0.1, 0.15) is 17.2 Å². The second-order valence-corrected chi connectivity index (χ2v) is 7.53. The minimum absolute atomic E-state index is 0.598. The van der Waals surface area contributed by atoms with Crippen molar-refractivity contribution in [3.05, 3.63) is 54.2 Å². The summed E-state index contributed by atoms with van der Waals surface area (Å²) in [6.45, 7) is 2.09. The first-order valence-electron chi connectivity index (χ1n) is 10.1. The molecular weight excluding hydrogens is 364 g/mol. The molecule has 3 aromatic rings. The van der Waals surface area contributed by atoms with Crippen LogP contribution in [0.4, 0.5) is 5.69 Å². The topological polar surface area (TPSA) is 43.8 Å². The number of benzene rings is 2. The average Bonchev–Trinajstić information content (AvgIpc) is 2.79. The fourth-order valence-electron chi connectivity index (χ4n) is 4.21. The molecule has 29 heavy (non-hydrogen) atoms. The van der Waals surface area contributed by atoms with E-state index in [0.29, 0.717) is 5.92 Å². The van der Waals surface area contributed by atoms with Gasteiger partial charge in [-0.3, -0.25) is 4.98 Å². The number of aromatic nitrogens is 1. The number of rotatable bonds is 6. The highest BCUT2D eigenvalue weighted by molar-refractivity contribution is 5.82. The molecule has 1 aliphatic heterocycles. The van der Waals surface area contributed by atoms with E-state index in [4.69, 9.17) is 14.2 Å². The van der Waals surface area contributed by atoms with Crippen molar-refractivity contribution in [2.24, 2.45) is 5.92 Å². The van der Waals surface area contributed by atoms with Crippen LogP contribution in [0.15, 0.2) is 48.7 Å². The molecule has 0 spiro atoms. The monoisotopic (exact) mass is 392 g/mol. The molecule has 4 rings (SSSR count). The Morgan fingerprint density at radius 1 is 0.931 bits per heavy atom. The Labute approximate surface area is 172 Å². The molecule has 152 valence electrons. The van der Waals surface area contributed by atoms with Gasteiger partial charge >= 0.3 is 0 Å². The predicted octanol–water partition coefficient (Wildman–Crippen LogP) is 4.72. The minimum atomic E-state index is 0.598. The molecule has 1 saturated heterocycles. The van der Waals surface area contributed by atoms with Crippen molar-refractivity contribution in [3.63, 3.8) is 0 Å². The zero-order valence-electron chi connectivity index (χ0n) is 17.4. The van der Waals surface area contributed by atoms with Crippen molar-refractivity contribution < 1.29 is 14.2 Å². The summed E-state index contributed by atoms with van der Waals surface area (Å²) in [7, 11) is 5.06. The van der Waals surface area contributed by atoms with E-state index in [0.717, 1.165) is 60.7 Å². The van der Waals surface area contributed by atoms with Gasteiger partial charge in [-0.2, -0.15) is 0 Å². The van der Waals surface area contributed by atoms with E-state index >= 15 is 0 Å². The molecule has 1 aromatic heterocycles. The maximum Gasteiger partial charge on any atom is 0.129 e. The number of hydrogen-bond acceptors (Lipinski definition) is 5. The normalized spacial score (nSPS) is 14.8. The molecular formula is C24H28N2O3. The summed E-state index contributed by atoms with van der Waals surface area (Å²) in [5.41, 5.74) is 3.44. The van der Waals surface area contributed by atoms with Gasteiger partial charge in [0, 0.05) is 48.1 Å². The van der Waals surface area contributed by atoms with Crippen LogP contribution in [-0.2, 0) is 6.42 Å². The molecule has 0 amide bonds. The smallest absolute Gasteiger partial charge is 0.129 e. The Kier molecular flexibility index (Phi) is 5.74. The number of fused-ring (bicyclic) bond motifs is 1. The number of pyridine rings is 1. The summed E-state index contributed by atoms with van der Waals surface area (Å²) in [4.78, 5) is 6.96. The molecule has 1 fully saturated rings. The molecule has 0 aliphatic carbocycles. The first-order valence-corrected chi connectivity index (χ1v) is 10.1. The van der Waals surface area contributed by atoms with Gasteiger partial charge in [-0.05, 0) is 43.4 Å². The lowest BCUT2D eigenvalue weighted by atomic mass is 9.89. The third kappa shape index (κ3) is 4.09. The Bertz CT molecular complexity index is 956. The molecule has 0 unspecified atom stereocenters. The van der Waals surface area contributed by atoms with Crippen LogP contribution in [0, 0.1) is 5.92 Å². The SMILES string of the molecule is COc1cc(OC)c(CC2CCN(c3ccc4cccnc4c3)CC2)c(OC)c1. The average molecular weight is 392 g/mol. The Balaban J connectivity index is 1.46. The molecule has 0 saturated carbocycles. The van der Waals surface area contributed by atoms with Crippen LogP contribution in [0.2, 0.25) is 0 Å². The first-order chi connectivity index (χ1) is 14.2. The van der Waals surface area contributed by atoms with Crippen LogP contribution < -0.4 is 19.1 Å². The summed E-state index contributed by atoms with van der Waals surface area (Å²) in [6, 6.07) is 14.5. The Morgan fingerprint density at radius 2 is 1.66 bits per heavy atom. The molecule has 5 heteroatoms. The van der Waals surface area contributed by atoms with Crippen molar-refractivity contribution in [1.82, 2.24) is 4.98 Å². The number of anilines is 1. The fraction of sp³-hybridized carbons (Fsp3) is 0.375. The van der Waals surface area contributed by atoms with Crippen molar-refractivity contribution in [2.75, 3.05) is 39.3 Å². The zero-order valence-corrected chi connectivity index (χ0v) is 17.4. The highest BCUT2D eigenvalue weighted by Crippen LogP contribution is 2.37. The lowest BCUT2D eigenvalue weighted by Crippen LogP contribution is -2.34. The lowest BCUT2D eigenvalue weighted by molar-refractivity contribution is 0.351. The number of ether oxygens (including phenoxy) is 3. The number of hydrogen-bond donors (Lipinski definition) is 0. The molecule has 0 bridgehead atoms. The van der Waals surface area contributed by atoms with Gasteiger partial charge in [0.05, 0.1) is 26.8 Å². The van der Waals surface area contributed by atoms with Crippen LogP contribution in [-0.4, -0.2) is 39.4 Å². The van der Waals surface area contributed by atoms with Crippen molar-refractivity contribution in [3.8, 4) is 17.2 Å². The minimum Gasteiger partial charge on any atom is -0.496 e. The summed E-state index contributed by atoms with van der Waals surface area (Å²) in [5.74, 6) is 3.02. The van der Waals surface area contributed by atoms with Crippen LogP contribution in [0.5, 0.6) is 17.2 Å². The van der Waals surface area contributed by atoms with Gasteiger partial charge in [0.25, 0.3) is 0 Å². The van der Waals surface area contributed by atoms with Gasteiger partial charge in [0.15, 0.2) is 0 Å². The van der Waals surface area contributed by atoms with Crippen LogP contribution in [0.3, 0.4) is 0 Å².